The zero-order valence-corrected chi connectivity index (χ0v) is 11.8. The topological polar surface area (TPSA) is 12.0 Å². The van der Waals surface area contributed by atoms with Crippen molar-refractivity contribution in [2.24, 2.45) is 11.3 Å². The smallest absolute Gasteiger partial charge is 0.00105 e. The van der Waals surface area contributed by atoms with Gasteiger partial charge in [-0.25, -0.2) is 0 Å². The van der Waals surface area contributed by atoms with E-state index in [4.69, 9.17) is 0 Å². The highest BCUT2D eigenvalue weighted by Crippen LogP contribution is 2.48. The van der Waals surface area contributed by atoms with Crippen molar-refractivity contribution in [3.8, 4) is 0 Å². The van der Waals surface area contributed by atoms with E-state index in [2.05, 4.69) is 12.2 Å². The van der Waals surface area contributed by atoms with Crippen molar-refractivity contribution in [3.05, 3.63) is 0 Å². The summed E-state index contributed by atoms with van der Waals surface area (Å²) in [4.78, 5) is 0. The van der Waals surface area contributed by atoms with E-state index >= 15 is 0 Å². The minimum absolute atomic E-state index is 0.694. The van der Waals surface area contributed by atoms with Gasteiger partial charge in [0.15, 0.2) is 0 Å². The van der Waals surface area contributed by atoms with Crippen molar-refractivity contribution in [3.63, 3.8) is 0 Å². The van der Waals surface area contributed by atoms with Crippen LogP contribution in [0, 0.1) is 11.3 Å². The molecule has 1 N–H and O–H groups in total. The van der Waals surface area contributed by atoms with Crippen molar-refractivity contribution in [1.29, 1.82) is 0 Å². The summed E-state index contributed by atoms with van der Waals surface area (Å²) in [7, 11) is 0. The molecule has 0 aliphatic heterocycles. The molecule has 0 aromatic carbocycles. The summed E-state index contributed by atoms with van der Waals surface area (Å²) in [6.45, 7) is 4.81. The lowest BCUT2D eigenvalue weighted by molar-refractivity contribution is 0.142. The van der Waals surface area contributed by atoms with Crippen LogP contribution in [0.2, 0.25) is 0 Å². The van der Waals surface area contributed by atoms with Gasteiger partial charge in [-0.2, -0.15) is 0 Å². The molecular formula is C16H31N. The van der Waals surface area contributed by atoms with Crippen LogP contribution in [0.3, 0.4) is 0 Å². The van der Waals surface area contributed by atoms with Gasteiger partial charge >= 0.3 is 0 Å². The largest absolute Gasteiger partial charge is 0.316 e. The van der Waals surface area contributed by atoms with Crippen LogP contribution in [-0.2, 0) is 0 Å². The minimum atomic E-state index is 0.694. The van der Waals surface area contributed by atoms with Crippen LogP contribution in [0.25, 0.3) is 0 Å². The molecule has 2 aliphatic rings. The molecule has 1 nitrogen and oxygen atoms in total. The van der Waals surface area contributed by atoms with Crippen LogP contribution in [0.1, 0.15) is 77.6 Å². The molecule has 2 aliphatic carbocycles. The van der Waals surface area contributed by atoms with Crippen molar-refractivity contribution in [2.45, 2.75) is 77.6 Å². The molecule has 0 amide bonds. The Kier molecular flexibility index (Phi) is 5.34. The molecule has 0 aromatic heterocycles. The first-order valence-electron chi connectivity index (χ1n) is 8.08. The highest BCUT2D eigenvalue weighted by molar-refractivity contribution is 4.92. The van der Waals surface area contributed by atoms with Gasteiger partial charge in [0.2, 0.25) is 0 Å². The third-order valence-corrected chi connectivity index (χ3v) is 5.22. The van der Waals surface area contributed by atoms with Crippen LogP contribution in [-0.4, -0.2) is 13.1 Å². The Hall–Kier alpha value is -0.0400. The number of hydrogen-bond acceptors (Lipinski definition) is 1. The number of hydrogen-bond donors (Lipinski definition) is 1. The van der Waals surface area contributed by atoms with Crippen molar-refractivity contribution < 1.29 is 0 Å². The zero-order chi connectivity index (χ0) is 12.0. The number of rotatable bonds is 5. The summed E-state index contributed by atoms with van der Waals surface area (Å²) < 4.78 is 0. The van der Waals surface area contributed by atoms with Gasteiger partial charge in [0.1, 0.15) is 0 Å². The first-order valence-corrected chi connectivity index (χ1v) is 8.08. The van der Waals surface area contributed by atoms with E-state index in [1.54, 1.807) is 0 Å². The average Bonchev–Trinajstić information content (AvgIpc) is 2.65. The van der Waals surface area contributed by atoms with E-state index in [0.717, 1.165) is 5.92 Å². The second-order valence-electron chi connectivity index (χ2n) is 6.43. The predicted octanol–water partition coefficient (Wildman–Crippen LogP) is 4.52. The van der Waals surface area contributed by atoms with E-state index in [1.165, 1.54) is 83.7 Å². The predicted molar refractivity (Wildman–Crippen MR) is 75.3 cm³/mol. The molecule has 1 heteroatoms. The van der Waals surface area contributed by atoms with E-state index in [1.807, 2.05) is 0 Å². The summed E-state index contributed by atoms with van der Waals surface area (Å²) in [5.41, 5.74) is 0.694. The van der Waals surface area contributed by atoms with Crippen LogP contribution >= 0.6 is 0 Å². The summed E-state index contributed by atoms with van der Waals surface area (Å²) in [5, 5.41) is 3.74. The quantitative estimate of drug-likeness (QED) is 0.548. The maximum Gasteiger partial charge on any atom is 0.00105 e. The lowest BCUT2D eigenvalue weighted by atomic mass is 9.70. The van der Waals surface area contributed by atoms with E-state index < -0.39 is 0 Å². The second-order valence-corrected chi connectivity index (χ2v) is 6.43. The van der Waals surface area contributed by atoms with Gasteiger partial charge in [0.25, 0.3) is 0 Å². The highest BCUT2D eigenvalue weighted by atomic mass is 14.9. The van der Waals surface area contributed by atoms with Gasteiger partial charge in [0.05, 0.1) is 0 Å². The van der Waals surface area contributed by atoms with Crippen molar-refractivity contribution in [1.82, 2.24) is 5.32 Å². The Labute approximate surface area is 108 Å². The lowest BCUT2D eigenvalue weighted by Gasteiger charge is -2.38. The van der Waals surface area contributed by atoms with Gasteiger partial charge < -0.3 is 5.32 Å². The highest BCUT2D eigenvalue weighted by Gasteiger charge is 2.40. The van der Waals surface area contributed by atoms with Gasteiger partial charge in [-0.3, -0.25) is 0 Å². The van der Waals surface area contributed by atoms with E-state index in [-0.39, 0.29) is 0 Å². The molecule has 0 radical (unpaired) electrons. The molecule has 0 unspecified atom stereocenters. The average molecular weight is 237 g/mol. The van der Waals surface area contributed by atoms with Crippen LogP contribution in [0.4, 0.5) is 0 Å². The summed E-state index contributed by atoms with van der Waals surface area (Å²) in [6.07, 6.45) is 16.3. The Balaban J connectivity index is 1.93. The molecular weight excluding hydrogens is 206 g/mol. The Morgan fingerprint density at radius 2 is 1.59 bits per heavy atom. The summed E-state index contributed by atoms with van der Waals surface area (Å²) in [6, 6.07) is 0. The standard InChI is InChI=1S/C16H31N/c1-2-13-17-14-16(11-7-8-12-16)15-9-5-3-4-6-10-15/h15,17H,2-14H2,1H3. The van der Waals surface area contributed by atoms with Crippen LogP contribution < -0.4 is 5.32 Å². The third kappa shape index (κ3) is 3.47. The Morgan fingerprint density at radius 1 is 0.941 bits per heavy atom. The molecule has 100 valence electrons. The first kappa shape index (κ1) is 13.4. The lowest BCUT2D eigenvalue weighted by Crippen LogP contribution is -2.38. The summed E-state index contributed by atoms with van der Waals surface area (Å²) in [5.74, 6) is 1.04. The number of nitrogens with one attached hydrogen (secondary N) is 1. The maximum atomic E-state index is 3.74. The zero-order valence-electron chi connectivity index (χ0n) is 11.8. The van der Waals surface area contributed by atoms with E-state index in [9.17, 15) is 0 Å². The summed E-state index contributed by atoms with van der Waals surface area (Å²) >= 11 is 0. The first-order chi connectivity index (χ1) is 8.37. The molecule has 2 rings (SSSR count). The minimum Gasteiger partial charge on any atom is -0.316 e. The molecule has 2 saturated carbocycles. The molecule has 0 saturated heterocycles. The molecule has 0 bridgehead atoms. The molecule has 0 spiro atoms. The van der Waals surface area contributed by atoms with Crippen molar-refractivity contribution >= 4 is 0 Å². The fourth-order valence-corrected chi connectivity index (χ4v) is 4.21. The molecule has 2 fully saturated rings. The fraction of sp³-hybridized carbons (Fsp3) is 1.00. The van der Waals surface area contributed by atoms with Gasteiger partial charge in [-0.05, 0) is 50.0 Å². The second kappa shape index (κ2) is 6.78. The van der Waals surface area contributed by atoms with Crippen LogP contribution in [0.15, 0.2) is 0 Å². The third-order valence-electron chi connectivity index (χ3n) is 5.22. The molecule has 0 heterocycles. The SMILES string of the molecule is CCCNCC1(C2CCCCCC2)CCCC1. The molecule has 17 heavy (non-hydrogen) atoms. The monoisotopic (exact) mass is 237 g/mol. The van der Waals surface area contributed by atoms with Gasteiger partial charge in [-0.1, -0.05) is 45.4 Å². The van der Waals surface area contributed by atoms with E-state index in [0.29, 0.717) is 5.41 Å². The maximum absolute atomic E-state index is 3.74. The fourth-order valence-electron chi connectivity index (χ4n) is 4.21. The molecule has 0 aromatic rings. The van der Waals surface area contributed by atoms with Crippen LogP contribution in [0.5, 0.6) is 0 Å². The molecule has 0 atom stereocenters. The van der Waals surface area contributed by atoms with Gasteiger partial charge in [-0.15, -0.1) is 0 Å². The van der Waals surface area contributed by atoms with Gasteiger partial charge in [0, 0.05) is 6.54 Å². The normalized spacial score (nSPS) is 25.9. The van der Waals surface area contributed by atoms with Crippen molar-refractivity contribution in [2.75, 3.05) is 13.1 Å². The Bertz CT molecular complexity index is 198. The Morgan fingerprint density at radius 3 is 2.18 bits per heavy atom.